The molecule has 1 aliphatic rings. The van der Waals surface area contributed by atoms with Crippen LogP contribution in [-0.4, -0.2) is 41.0 Å². The van der Waals surface area contributed by atoms with Gasteiger partial charge in [0, 0.05) is 45.0 Å². The van der Waals surface area contributed by atoms with Crippen molar-refractivity contribution in [3.05, 3.63) is 111 Å². The van der Waals surface area contributed by atoms with E-state index < -0.39 is 17.9 Å². The highest BCUT2D eigenvalue weighted by Crippen LogP contribution is 2.33. The number of benzene rings is 3. The summed E-state index contributed by atoms with van der Waals surface area (Å²) in [6.45, 7) is 6.14. The number of rotatable bonds is 10. The van der Waals surface area contributed by atoms with Crippen molar-refractivity contribution >= 4 is 57.9 Å². The van der Waals surface area contributed by atoms with Gasteiger partial charge in [-0.05, 0) is 62.8 Å². The van der Waals surface area contributed by atoms with Gasteiger partial charge in [-0.2, -0.15) is 5.10 Å². The summed E-state index contributed by atoms with van der Waals surface area (Å²) in [5.41, 5.74) is 8.27. The number of thiocarbonyl (C=S) groups is 1. The summed E-state index contributed by atoms with van der Waals surface area (Å²) in [4.78, 5) is 25.6. The van der Waals surface area contributed by atoms with Crippen molar-refractivity contribution < 1.29 is 19.1 Å². The van der Waals surface area contributed by atoms with Gasteiger partial charge in [0.25, 0.3) is 5.91 Å². The third-order valence-electron chi connectivity index (χ3n) is 7.27. The summed E-state index contributed by atoms with van der Waals surface area (Å²) in [5.74, 6) is -0.488. The molecule has 44 heavy (non-hydrogen) atoms. The zero-order chi connectivity index (χ0) is 31.2. The molecule has 1 aromatic heterocycles. The lowest BCUT2D eigenvalue weighted by Gasteiger charge is -2.30. The van der Waals surface area contributed by atoms with Crippen molar-refractivity contribution in [3.63, 3.8) is 0 Å². The Morgan fingerprint density at radius 1 is 1.07 bits per heavy atom. The predicted molar refractivity (Wildman–Crippen MR) is 176 cm³/mol. The van der Waals surface area contributed by atoms with Crippen LogP contribution in [0.3, 0.4) is 0 Å². The molecule has 9 nitrogen and oxygen atoms in total. The topological polar surface area (TPSA) is 106 Å². The molecule has 0 aliphatic carbocycles. The van der Waals surface area contributed by atoms with E-state index in [0.717, 1.165) is 27.7 Å². The number of fused-ring (bicyclic) bond motifs is 1. The van der Waals surface area contributed by atoms with E-state index >= 15 is 0 Å². The number of hydrogen-bond acceptors (Lipinski definition) is 6. The largest absolute Gasteiger partial charge is 0.483 e. The maximum Gasteiger partial charge on any atom is 0.338 e. The van der Waals surface area contributed by atoms with E-state index in [9.17, 15) is 9.59 Å². The van der Waals surface area contributed by atoms with Crippen LogP contribution in [0.5, 0.6) is 5.75 Å². The number of allylic oxidation sites excluding steroid dienone is 1. The second-order valence-corrected chi connectivity index (χ2v) is 11.0. The van der Waals surface area contributed by atoms with Gasteiger partial charge in [-0.15, -0.1) is 0 Å². The number of amides is 1. The molecule has 226 valence electrons. The Morgan fingerprint density at radius 2 is 1.80 bits per heavy atom. The van der Waals surface area contributed by atoms with E-state index in [2.05, 4.69) is 31.8 Å². The first-order valence-electron chi connectivity index (χ1n) is 14.1. The van der Waals surface area contributed by atoms with E-state index in [-0.39, 0.29) is 13.2 Å². The number of para-hydroxylation sites is 2. The van der Waals surface area contributed by atoms with Gasteiger partial charge >= 0.3 is 5.97 Å². The zero-order valence-corrected chi connectivity index (χ0v) is 26.1. The molecular formula is C33H32ClN5O4S. The van der Waals surface area contributed by atoms with Crippen LogP contribution in [0, 0.1) is 6.92 Å². The van der Waals surface area contributed by atoms with Crippen LogP contribution in [0.4, 0.5) is 0 Å². The smallest absolute Gasteiger partial charge is 0.338 e. The fourth-order valence-electron chi connectivity index (χ4n) is 5.20. The molecule has 0 bridgehead atoms. The van der Waals surface area contributed by atoms with Crippen molar-refractivity contribution in [3.8, 4) is 5.75 Å². The van der Waals surface area contributed by atoms with Gasteiger partial charge < -0.3 is 24.7 Å². The first-order chi connectivity index (χ1) is 21.3. The molecule has 0 fully saturated rings. The van der Waals surface area contributed by atoms with Gasteiger partial charge in [0.1, 0.15) is 5.75 Å². The van der Waals surface area contributed by atoms with E-state index in [4.69, 9.17) is 33.3 Å². The Labute approximate surface area is 265 Å². The minimum Gasteiger partial charge on any atom is -0.483 e. The average molecular weight is 630 g/mol. The first kappa shape index (κ1) is 30.8. The van der Waals surface area contributed by atoms with Crippen LogP contribution in [0.2, 0.25) is 5.02 Å². The molecule has 3 aromatic carbocycles. The van der Waals surface area contributed by atoms with E-state index in [1.807, 2.05) is 61.5 Å². The van der Waals surface area contributed by atoms with Crippen molar-refractivity contribution in [2.45, 2.75) is 33.4 Å². The highest BCUT2D eigenvalue weighted by molar-refractivity contribution is 7.80. The number of esters is 1. The van der Waals surface area contributed by atoms with Crippen LogP contribution in [0.15, 0.2) is 89.2 Å². The van der Waals surface area contributed by atoms with Crippen molar-refractivity contribution in [1.29, 1.82) is 0 Å². The second-order valence-electron chi connectivity index (χ2n) is 10.1. The number of aromatic nitrogens is 1. The molecule has 0 radical (unpaired) electrons. The Morgan fingerprint density at radius 3 is 2.57 bits per heavy atom. The highest BCUT2D eigenvalue weighted by atomic mass is 35.5. The van der Waals surface area contributed by atoms with Gasteiger partial charge in [0.15, 0.2) is 11.7 Å². The third kappa shape index (κ3) is 6.77. The number of nitrogens with zero attached hydrogens (tertiary/aromatic N) is 2. The lowest BCUT2D eigenvalue weighted by atomic mass is 9.95. The van der Waals surface area contributed by atoms with Crippen LogP contribution in [0.25, 0.3) is 10.9 Å². The van der Waals surface area contributed by atoms with Gasteiger partial charge in [-0.25, -0.2) is 10.2 Å². The lowest BCUT2D eigenvalue weighted by molar-refractivity contribution is -0.139. The van der Waals surface area contributed by atoms with Crippen LogP contribution in [-0.2, 0) is 20.9 Å². The van der Waals surface area contributed by atoms with Gasteiger partial charge in [-0.3, -0.25) is 4.79 Å². The normalized spacial score (nSPS) is 14.8. The fraction of sp³-hybridized carbons (Fsp3) is 0.212. The van der Waals surface area contributed by atoms with Crippen molar-refractivity contribution in [1.82, 2.24) is 20.6 Å². The van der Waals surface area contributed by atoms with Crippen LogP contribution in [0.1, 0.15) is 42.3 Å². The van der Waals surface area contributed by atoms with Crippen molar-refractivity contribution in [2.75, 3.05) is 13.2 Å². The molecule has 3 N–H and O–H groups in total. The quantitative estimate of drug-likeness (QED) is 0.0916. The maximum absolute atomic E-state index is 12.8. The molecule has 1 atom stereocenters. The number of carbonyl (C=O) groups is 2. The Kier molecular flexibility index (Phi) is 9.62. The van der Waals surface area contributed by atoms with Gasteiger partial charge in [0.05, 0.1) is 24.4 Å². The summed E-state index contributed by atoms with van der Waals surface area (Å²) in [5, 5.41) is 12.4. The molecule has 4 aromatic rings. The van der Waals surface area contributed by atoms with Crippen LogP contribution >= 0.6 is 23.8 Å². The van der Waals surface area contributed by atoms with Crippen molar-refractivity contribution in [2.24, 2.45) is 5.10 Å². The Hall–Kier alpha value is -4.67. The molecular weight excluding hydrogens is 598 g/mol. The average Bonchev–Trinajstić information content (AvgIpc) is 3.27. The number of hydrogen-bond donors (Lipinski definition) is 3. The Balaban J connectivity index is 1.29. The lowest BCUT2D eigenvalue weighted by Crippen LogP contribution is -2.45. The SMILES string of the molecule is CCOC(=O)C1=C(C)NC(=S)N[C@@H]1c1ccccc1OCC(=O)NN=Cc1c(C)n(Cc2ccc(Cl)cc2)c2ccccc12. The maximum atomic E-state index is 12.8. The zero-order valence-electron chi connectivity index (χ0n) is 24.5. The summed E-state index contributed by atoms with van der Waals surface area (Å²) in [6.07, 6.45) is 1.65. The van der Waals surface area contributed by atoms with E-state index in [1.54, 1.807) is 32.2 Å². The number of ether oxygens (including phenoxy) is 2. The summed E-state index contributed by atoms with van der Waals surface area (Å²) in [6, 6.07) is 22.4. The molecule has 0 saturated carbocycles. The first-order valence-corrected chi connectivity index (χ1v) is 14.9. The fourth-order valence-corrected chi connectivity index (χ4v) is 5.60. The highest BCUT2D eigenvalue weighted by Gasteiger charge is 2.32. The molecule has 2 heterocycles. The summed E-state index contributed by atoms with van der Waals surface area (Å²) < 4.78 is 13.4. The molecule has 1 aliphatic heterocycles. The third-order valence-corrected chi connectivity index (χ3v) is 7.74. The predicted octanol–water partition coefficient (Wildman–Crippen LogP) is 5.54. The summed E-state index contributed by atoms with van der Waals surface area (Å²) >= 11 is 11.4. The number of halogens is 1. The second kappa shape index (κ2) is 13.7. The molecule has 5 rings (SSSR count). The number of hydrazone groups is 1. The standard InChI is InChI=1S/C33H32ClN5O4S/c1-4-42-32(41)30-20(2)36-33(44)37-31(30)25-10-6-8-12-28(25)43-19-29(40)38-35-17-26-21(3)39(27-11-7-5-9-24(26)27)18-22-13-15-23(34)16-14-22/h5-17,31H,4,18-19H2,1-3H3,(H,38,40)(H2,36,37,44)/t31-/m1/s1. The van der Waals surface area contributed by atoms with Gasteiger partial charge in [-0.1, -0.05) is 60.1 Å². The van der Waals surface area contributed by atoms with E-state index in [1.165, 1.54) is 0 Å². The molecule has 11 heteroatoms. The number of nitrogens with one attached hydrogen (secondary N) is 3. The summed E-state index contributed by atoms with van der Waals surface area (Å²) in [7, 11) is 0. The molecule has 0 spiro atoms. The minimum atomic E-state index is -0.617. The molecule has 0 unspecified atom stereocenters. The van der Waals surface area contributed by atoms with Crippen LogP contribution < -0.4 is 20.8 Å². The van der Waals surface area contributed by atoms with E-state index in [0.29, 0.717) is 39.3 Å². The van der Waals surface area contributed by atoms with Gasteiger partial charge in [0.2, 0.25) is 0 Å². The molecule has 1 amide bonds. The molecule has 0 saturated heterocycles. The monoisotopic (exact) mass is 629 g/mol. The number of carbonyl (C=O) groups excluding carboxylic acids is 2. The minimum absolute atomic E-state index is 0.230. The Bertz CT molecular complexity index is 1780.